The standard InChI is InChI=1S/C26H28O7/c1-2-6-21-23(10-9-20-22(27)11-14-32-24(20)21)31-13-5-3-4-12-30-18-7-8-19-17(15-18)16-33-25(19)26(28)29/h7-10,15-16H,2-6,11-14H2,1H3,(H,28,29). The molecule has 0 unspecified atom stereocenters. The van der Waals surface area contributed by atoms with Gasteiger partial charge in [0.2, 0.25) is 5.76 Å². The lowest BCUT2D eigenvalue weighted by atomic mass is 9.98. The first kappa shape index (κ1) is 22.7. The van der Waals surface area contributed by atoms with Crippen molar-refractivity contribution in [3.05, 3.63) is 53.5 Å². The number of benzene rings is 2. The van der Waals surface area contributed by atoms with Crippen LogP contribution in [0.5, 0.6) is 17.2 Å². The zero-order chi connectivity index (χ0) is 23.2. The van der Waals surface area contributed by atoms with Gasteiger partial charge >= 0.3 is 5.97 Å². The van der Waals surface area contributed by atoms with Crippen LogP contribution >= 0.6 is 0 Å². The maximum absolute atomic E-state index is 12.1. The number of ether oxygens (including phenoxy) is 3. The number of carbonyl (C=O) groups excluding carboxylic acids is 1. The summed E-state index contributed by atoms with van der Waals surface area (Å²) in [5.74, 6) is 1.17. The van der Waals surface area contributed by atoms with E-state index in [1.165, 1.54) is 6.26 Å². The largest absolute Gasteiger partial charge is 0.494 e. The molecule has 0 spiro atoms. The minimum absolute atomic E-state index is 0.0595. The van der Waals surface area contributed by atoms with Gasteiger partial charge in [0.1, 0.15) is 17.2 Å². The van der Waals surface area contributed by atoms with Gasteiger partial charge < -0.3 is 23.7 Å². The maximum atomic E-state index is 12.1. The lowest BCUT2D eigenvalue weighted by molar-refractivity contribution is 0.0665. The Hall–Kier alpha value is -3.48. The topological polar surface area (TPSA) is 95.2 Å². The number of carboxylic acids is 1. The molecule has 0 atom stereocenters. The highest BCUT2D eigenvalue weighted by Gasteiger charge is 2.23. The lowest BCUT2D eigenvalue weighted by Crippen LogP contribution is -2.17. The van der Waals surface area contributed by atoms with Gasteiger partial charge in [0, 0.05) is 22.8 Å². The number of hydrogen-bond donors (Lipinski definition) is 1. The smallest absolute Gasteiger partial charge is 0.372 e. The Morgan fingerprint density at radius 1 is 1.09 bits per heavy atom. The molecule has 1 aliphatic rings. The van der Waals surface area contributed by atoms with Crippen LogP contribution in [0.15, 0.2) is 41.0 Å². The van der Waals surface area contributed by atoms with Crippen molar-refractivity contribution in [2.75, 3.05) is 19.8 Å². The van der Waals surface area contributed by atoms with E-state index >= 15 is 0 Å². The Labute approximate surface area is 192 Å². The highest BCUT2D eigenvalue weighted by Crippen LogP contribution is 2.36. The van der Waals surface area contributed by atoms with Gasteiger partial charge in [-0.05, 0) is 56.0 Å². The molecule has 1 aliphatic heterocycles. The van der Waals surface area contributed by atoms with Crippen molar-refractivity contribution >= 4 is 22.5 Å². The molecule has 0 saturated carbocycles. The summed E-state index contributed by atoms with van der Waals surface area (Å²) in [5, 5.41) is 10.4. The average Bonchev–Trinajstić information content (AvgIpc) is 3.23. The number of furan rings is 1. The molecular weight excluding hydrogens is 424 g/mol. The zero-order valence-electron chi connectivity index (χ0n) is 18.7. The summed E-state index contributed by atoms with van der Waals surface area (Å²) in [6.07, 6.45) is 6.32. The predicted octanol–water partition coefficient (Wildman–Crippen LogP) is 5.68. The number of ketones is 1. The van der Waals surface area contributed by atoms with Gasteiger partial charge in [-0.15, -0.1) is 0 Å². The number of Topliss-reactive ketones (excluding diaryl/α,β-unsaturated/α-hetero) is 1. The molecule has 33 heavy (non-hydrogen) atoms. The Kier molecular flexibility index (Phi) is 7.17. The van der Waals surface area contributed by atoms with Crippen LogP contribution in [0.25, 0.3) is 10.8 Å². The van der Waals surface area contributed by atoms with E-state index in [1.54, 1.807) is 18.2 Å². The summed E-state index contributed by atoms with van der Waals surface area (Å²) in [6.45, 7) is 3.68. The van der Waals surface area contributed by atoms with Crippen LogP contribution < -0.4 is 14.2 Å². The van der Waals surface area contributed by atoms with Crippen molar-refractivity contribution in [1.82, 2.24) is 0 Å². The van der Waals surface area contributed by atoms with Gasteiger partial charge in [-0.2, -0.15) is 0 Å². The summed E-state index contributed by atoms with van der Waals surface area (Å²) in [4.78, 5) is 23.3. The fourth-order valence-corrected chi connectivity index (χ4v) is 4.04. The Morgan fingerprint density at radius 2 is 1.91 bits per heavy atom. The van der Waals surface area contributed by atoms with Crippen molar-refractivity contribution in [1.29, 1.82) is 0 Å². The molecule has 2 aromatic carbocycles. The fraction of sp³-hybridized carbons (Fsp3) is 0.385. The number of rotatable bonds is 11. The van der Waals surface area contributed by atoms with Crippen LogP contribution in [0.4, 0.5) is 0 Å². The quantitative estimate of drug-likeness (QED) is 0.374. The number of fused-ring (bicyclic) bond motifs is 2. The molecule has 7 nitrogen and oxygen atoms in total. The van der Waals surface area contributed by atoms with Gasteiger partial charge in [-0.25, -0.2) is 4.79 Å². The second kappa shape index (κ2) is 10.4. The van der Waals surface area contributed by atoms with Gasteiger partial charge in [0.25, 0.3) is 0 Å². The minimum Gasteiger partial charge on any atom is -0.494 e. The highest BCUT2D eigenvalue weighted by molar-refractivity contribution is 6.01. The van der Waals surface area contributed by atoms with Crippen LogP contribution in [-0.2, 0) is 6.42 Å². The van der Waals surface area contributed by atoms with Gasteiger partial charge in [0.05, 0.1) is 31.6 Å². The average molecular weight is 453 g/mol. The molecule has 0 bridgehead atoms. The van der Waals surface area contributed by atoms with E-state index in [2.05, 4.69) is 6.92 Å². The predicted molar refractivity (Wildman–Crippen MR) is 123 cm³/mol. The molecule has 0 aliphatic carbocycles. The first-order valence-corrected chi connectivity index (χ1v) is 11.4. The normalized spacial score (nSPS) is 12.9. The van der Waals surface area contributed by atoms with Crippen LogP contribution in [0.3, 0.4) is 0 Å². The number of carboxylic acid groups (broad SMARTS) is 1. The van der Waals surface area contributed by atoms with E-state index < -0.39 is 5.97 Å². The second-order valence-electron chi connectivity index (χ2n) is 8.07. The molecule has 174 valence electrons. The molecule has 1 aromatic heterocycles. The molecule has 0 amide bonds. The van der Waals surface area contributed by atoms with Crippen LogP contribution in [-0.4, -0.2) is 36.7 Å². The molecule has 0 fully saturated rings. The molecule has 0 saturated heterocycles. The monoisotopic (exact) mass is 452 g/mol. The summed E-state index contributed by atoms with van der Waals surface area (Å²) in [5.41, 5.74) is 1.66. The van der Waals surface area contributed by atoms with Gasteiger partial charge in [-0.3, -0.25) is 4.79 Å². The molecule has 0 radical (unpaired) electrons. The third kappa shape index (κ3) is 5.13. The molecule has 1 N–H and O–H groups in total. The summed E-state index contributed by atoms with van der Waals surface area (Å²) < 4.78 is 22.7. The van der Waals surface area contributed by atoms with E-state index in [4.69, 9.17) is 23.7 Å². The van der Waals surface area contributed by atoms with E-state index in [9.17, 15) is 9.59 Å². The van der Waals surface area contributed by atoms with Gasteiger partial charge in [0.15, 0.2) is 5.78 Å². The highest BCUT2D eigenvalue weighted by atomic mass is 16.5. The number of carbonyl (C=O) groups is 2. The van der Waals surface area contributed by atoms with Crippen molar-refractivity contribution in [2.24, 2.45) is 0 Å². The van der Waals surface area contributed by atoms with Crippen LogP contribution in [0.1, 0.15) is 65.5 Å². The van der Waals surface area contributed by atoms with Crippen LogP contribution in [0.2, 0.25) is 0 Å². The number of unbranched alkanes of at least 4 members (excludes halogenated alkanes) is 2. The number of aromatic carboxylic acids is 1. The second-order valence-corrected chi connectivity index (χ2v) is 8.07. The van der Waals surface area contributed by atoms with Crippen molar-refractivity contribution in [3.63, 3.8) is 0 Å². The lowest BCUT2D eigenvalue weighted by Gasteiger charge is -2.22. The van der Waals surface area contributed by atoms with E-state index in [-0.39, 0.29) is 11.5 Å². The van der Waals surface area contributed by atoms with Crippen molar-refractivity contribution < 1.29 is 33.3 Å². The number of hydrogen-bond acceptors (Lipinski definition) is 6. The van der Waals surface area contributed by atoms with E-state index in [0.717, 1.165) is 43.4 Å². The fourth-order valence-electron chi connectivity index (χ4n) is 4.04. The van der Waals surface area contributed by atoms with Crippen LogP contribution in [0, 0.1) is 0 Å². The molecule has 2 heterocycles. The van der Waals surface area contributed by atoms with Crippen molar-refractivity contribution in [2.45, 2.75) is 45.4 Å². The molecule has 7 heteroatoms. The zero-order valence-corrected chi connectivity index (χ0v) is 18.7. The Bertz CT molecular complexity index is 1140. The van der Waals surface area contributed by atoms with Crippen molar-refractivity contribution in [3.8, 4) is 17.2 Å². The molecule has 4 rings (SSSR count). The third-order valence-electron chi connectivity index (χ3n) is 5.67. The molecule has 3 aromatic rings. The van der Waals surface area contributed by atoms with E-state index in [0.29, 0.717) is 54.1 Å². The van der Waals surface area contributed by atoms with Gasteiger partial charge in [-0.1, -0.05) is 13.3 Å². The van der Waals surface area contributed by atoms with E-state index in [1.807, 2.05) is 12.1 Å². The third-order valence-corrected chi connectivity index (χ3v) is 5.67. The summed E-state index contributed by atoms with van der Waals surface area (Å²) >= 11 is 0. The SMILES string of the molecule is CCCc1c(OCCCCCOc2ccc3c(C(=O)O)occ3c2)ccc2c1OCCC2=O. The summed E-state index contributed by atoms with van der Waals surface area (Å²) in [7, 11) is 0. The first-order chi connectivity index (χ1) is 16.1. The minimum atomic E-state index is -1.08. The maximum Gasteiger partial charge on any atom is 0.372 e. The Morgan fingerprint density at radius 3 is 2.70 bits per heavy atom. The first-order valence-electron chi connectivity index (χ1n) is 11.4. The Balaban J connectivity index is 1.23. The summed E-state index contributed by atoms with van der Waals surface area (Å²) in [6, 6.07) is 8.95. The molecular formula is C26H28O7.